The van der Waals surface area contributed by atoms with Crippen molar-refractivity contribution in [2.24, 2.45) is 28.6 Å². The van der Waals surface area contributed by atoms with E-state index in [1.54, 1.807) is 0 Å². The molecule has 0 saturated heterocycles. The van der Waals surface area contributed by atoms with E-state index in [4.69, 9.17) is 5.11 Å². The number of aliphatic carboxylic acids is 1. The molecule has 0 aromatic rings. The number of hydrogen-bond acceptors (Lipinski definition) is 2. The second kappa shape index (κ2) is 6.38. The summed E-state index contributed by atoms with van der Waals surface area (Å²) >= 11 is 0. The van der Waals surface area contributed by atoms with Gasteiger partial charge in [-0.05, 0) is 74.0 Å². The molecule has 0 amide bonds. The highest BCUT2D eigenvalue weighted by atomic mass is 16.4. The Morgan fingerprint density at radius 2 is 1.83 bits per heavy atom. The zero-order chi connectivity index (χ0) is 17.5. The zero-order valence-electron chi connectivity index (χ0n) is 15.7. The third-order valence-corrected chi connectivity index (χ3v) is 7.23. The highest BCUT2D eigenvalue weighted by molar-refractivity contribution is 5.66. The van der Waals surface area contributed by atoms with Crippen LogP contribution < -0.4 is 0 Å². The van der Waals surface area contributed by atoms with Gasteiger partial charge in [0.25, 0.3) is 0 Å². The monoisotopic (exact) mass is 324 g/mol. The SMILES string of the molecule is C[C@@H](CC[C@@H]1[C@@]2(C)CCCC(C)(C)[C@@H]2CC[C@]1(C)O)CC(=O)O. The minimum Gasteiger partial charge on any atom is -0.481 e. The molecule has 0 heterocycles. The lowest BCUT2D eigenvalue weighted by Gasteiger charge is -2.61. The van der Waals surface area contributed by atoms with E-state index in [9.17, 15) is 9.90 Å². The maximum atomic E-state index is 11.1. The van der Waals surface area contributed by atoms with Crippen LogP contribution in [0.5, 0.6) is 0 Å². The third-order valence-electron chi connectivity index (χ3n) is 7.23. The Bertz CT molecular complexity index is 440. The van der Waals surface area contributed by atoms with E-state index < -0.39 is 11.6 Å². The van der Waals surface area contributed by atoms with Crippen LogP contribution in [-0.2, 0) is 4.79 Å². The molecule has 3 nitrogen and oxygen atoms in total. The molecule has 2 N–H and O–H groups in total. The number of carbonyl (C=O) groups is 1. The van der Waals surface area contributed by atoms with Crippen molar-refractivity contribution in [2.75, 3.05) is 0 Å². The average Bonchev–Trinajstić information content (AvgIpc) is 2.34. The summed E-state index contributed by atoms with van der Waals surface area (Å²) in [6.45, 7) is 11.2. The maximum Gasteiger partial charge on any atom is 0.303 e. The van der Waals surface area contributed by atoms with Crippen molar-refractivity contribution in [1.29, 1.82) is 0 Å². The summed E-state index contributed by atoms with van der Waals surface area (Å²) in [5, 5.41) is 20.1. The number of hydrogen-bond donors (Lipinski definition) is 2. The molecule has 2 aliphatic carbocycles. The summed E-state index contributed by atoms with van der Waals surface area (Å²) < 4.78 is 0. The fourth-order valence-corrected chi connectivity index (χ4v) is 6.12. The van der Waals surface area contributed by atoms with E-state index in [-0.39, 0.29) is 23.7 Å². The van der Waals surface area contributed by atoms with Crippen molar-refractivity contribution in [1.82, 2.24) is 0 Å². The van der Waals surface area contributed by atoms with Crippen LogP contribution in [0.25, 0.3) is 0 Å². The summed E-state index contributed by atoms with van der Waals surface area (Å²) in [5.41, 5.74) is -0.0670. The summed E-state index contributed by atoms with van der Waals surface area (Å²) in [4.78, 5) is 10.9. The van der Waals surface area contributed by atoms with Gasteiger partial charge in [0.15, 0.2) is 0 Å². The Kier molecular flexibility index (Phi) is 5.21. The lowest BCUT2D eigenvalue weighted by atomic mass is 9.45. The largest absolute Gasteiger partial charge is 0.481 e. The van der Waals surface area contributed by atoms with Crippen molar-refractivity contribution in [3.8, 4) is 0 Å². The van der Waals surface area contributed by atoms with Gasteiger partial charge in [-0.2, -0.15) is 0 Å². The predicted octanol–water partition coefficient (Wildman–Crippen LogP) is 4.87. The minimum atomic E-state index is -0.712. The second-order valence-corrected chi connectivity index (χ2v) is 9.63. The Morgan fingerprint density at radius 1 is 1.17 bits per heavy atom. The van der Waals surface area contributed by atoms with Gasteiger partial charge in [0.1, 0.15) is 0 Å². The van der Waals surface area contributed by atoms with Gasteiger partial charge in [0.2, 0.25) is 0 Å². The van der Waals surface area contributed by atoms with Crippen LogP contribution >= 0.6 is 0 Å². The Balaban J connectivity index is 2.17. The van der Waals surface area contributed by atoms with Crippen LogP contribution in [0.15, 0.2) is 0 Å². The van der Waals surface area contributed by atoms with Crippen LogP contribution in [-0.4, -0.2) is 21.8 Å². The fraction of sp³-hybridized carbons (Fsp3) is 0.950. The molecule has 134 valence electrons. The predicted molar refractivity (Wildman–Crippen MR) is 93.2 cm³/mol. The lowest BCUT2D eigenvalue weighted by Crippen LogP contribution is -2.57. The molecule has 3 heteroatoms. The molecule has 0 radical (unpaired) electrons. The summed E-state index contributed by atoms with van der Waals surface area (Å²) in [5.74, 6) is 0.424. The first-order valence-corrected chi connectivity index (χ1v) is 9.43. The van der Waals surface area contributed by atoms with Gasteiger partial charge in [-0.1, -0.05) is 34.1 Å². The first-order valence-electron chi connectivity index (χ1n) is 9.43. The average molecular weight is 325 g/mol. The molecule has 0 unspecified atom stereocenters. The third kappa shape index (κ3) is 3.75. The quantitative estimate of drug-likeness (QED) is 0.758. The number of aliphatic hydroxyl groups is 1. The normalized spacial score (nSPS) is 41.1. The van der Waals surface area contributed by atoms with Gasteiger partial charge in [0.05, 0.1) is 5.60 Å². The molecule has 0 bridgehead atoms. The second-order valence-electron chi connectivity index (χ2n) is 9.63. The first kappa shape index (κ1) is 18.8. The van der Waals surface area contributed by atoms with Crippen LogP contribution in [0.1, 0.15) is 86.0 Å². The van der Waals surface area contributed by atoms with Crippen LogP contribution in [0.2, 0.25) is 0 Å². The fourth-order valence-electron chi connectivity index (χ4n) is 6.12. The summed E-state index contributed by atoms with van der Waals surface area (Å²) in [7, 11) is 0. The molecule has 2 saturated carbocycles. The number of carboxylic acids is 1. The molecular weight excluding hydrogens is 288 g/mol. The highest BCUT2D eigenvalue weighted by Gasteiger charge is 2.57. The maximum absolute atomic E-state index is 11.1. The molecule has 0 aromatic heterocycles. The van der Waals surface area contributed by atoms with Gasteiger partial charge in [-0.15, -0.1) is 0 Å². The number of carboxylic acid groups (broad SMARTS) is 1. The minimum absolute atomic E-state index is 0.184. The highest BCUT2D eigenvalue weighted by Crippen LogP contribution is 2.63. The molecule has 0 spiro atoms. The van der Waals surface area contributed by atoms with Gasteiger partial charge in [-0.3, -0.25) is 4.79 Å². The van der Waals surface area contributed by atoms with E-state index in [1.807, 2.05) is 13.8 Å². The summed E-state index contributed by atoms with van der Waals surface area (Å²) in [6.07, 6.45) is 7.83. The van der Waals surface area contributed by atoms with E-state index in [0.717, 1.165) is 25.7 Å². The van der Waals surface area contributed by atoms with E-state index >= 15 is 0 Å². The van der Waals surface area contributed by atoms with Crippen molar-refractivity contribution in [3.05, 3.63) is 0 Å². The van der Waals surface area contributed by atoms with Crippen molar-refractivity contribution < 1.29 is 15.0 Å². The first-order chi connectivity index (χ1) is 10.5. The van der Waals surface area contributed by atoms with Crippen molar-refractivity contribution in [2.45, 2.75) is 91.6 Å². The molecule has 5 atom stereocenters. The van der Waals surface area contributed by atoms with E-state index in [2.05, 4.69) is 20.8 Å². The summed E-state index contributed by atoms with van der Waals surface area (Å²) in [6, 6.07) is 0. The van der Waals surface area contributed by atoms with Gasteiger partial charge in [-0.25, -0.2) is 0 Å². The Hall–Kier alpha value is -0.570. The molecule has 23 heavy (non-hydrogen) atoms. The smallest absolute Gasteiger partial charge is 0.303 e. The Labute approximate surface area is 141 Å². The molecule has 0 aliphatic heterocycles. The van der Waals surface area contributed by atoms with Crippen molar-refractivity contribution in [3.63, 3.8) is 0 Å². The van der Waals surface area contributed by atoms with Crippen LogP contribution in [0, 0.1) is 28.6 Å². The molecular formula is C20H36O3. The van der Waals surface area contributed by atoms with Crippen molar-refractivity contribution >= 4 is 5.97 Å². The Morgan fingerprint density at radius 3 is 2.43 bits per heavy atom. The standard InChI is InChI=1S/C20H36O3/c1-14(13-17(21)22)7-8-16-19(4)11-6-10-18(2,3)15(19)9-12-20(16,5)23/h14-16,23H,6-13H2,1-5H3,(H,21,22)/t14-,15-,16+,19-,20-/m0/s1. The van der Waals surface area contributed by atoms with Crippen LogP contribution in [0.4, 0.5) is 0 Å². The molecule has 2 rings (SSSR count). The zero-order valence-corrected chi connectivity index (χ0v) is 15.7. The van der Waals surface area contributed by atoms with E-state index in [0.29, 0.717) is 11.3 Å². The topological polar surface area (TPSA) is 57.5 Å². The number of fused-ring (bicyclic) bond motifs is 1. The lowest BCUT2D eigenvalue weighted by molar-refractivity contribution is -0.170. The van der Waals surface area contributed by atoms with E-state index in [1.165, 1.54) is 19.3 Å². The van der Waals surface area contributed by atoms with Gasteiger partial charge < -0.3 is 10.2 Å². The van der Waals surface area contributed by atoms with Gasteiger partial charge in [0, 0.05) is 6.42 Å². The molecule has 2 fully saturated rings. The molecule has 2 aliphatic rings. The molecule has 0 aromatic carbocycles. The van der Waals surface area contributed by atoms with Crippen LogP contribution in [0.3, 0.4) is 0 Å². The van der Waals surface area contributed by atoms with Gasteiger partial charge >= 0.3 is 5.97 Å². The number of rotatable bonds is 5.